The van der Waals surface area contributed by atoms with E-state index in [1.165, 1.54) is 17.7 Å². The molecule has 0 fully saturated rings. The van der Waals surface area contributed by atoms with Crippen LogP contribution >= 0.6 is 27.5 Å². The first kappa shape index (κ1) is 26.4. The van der Waals surface area contributed by atoms with Crippen molar-refractivity contribution >= 4 is 43.5 Å². The molecular weight excluding hydrogens is 536 g/mol. The largest absolute Gasteiger partial charge is 0.348 e. The number of rotatable bonds is 8. The number of sulfonamides is 1. The maximum absolute atomic E-state index is 13.5. The average molecular weight is 564 g/mol. The second-order valence-corrected chi connectivity index (χ2v) is 11.7. The highest BCUT2D eigenvalue weighted by Crippen LogP contribution is 2.25. The number of carbonyl (C=O) groups excluding carboxylic acids is 1. The van der Waals surface area contributed by atoms with Crippen LogP contribution in [-0.2, 0) is 21.4 Å². The van der Waals surface area contributed by atoms with E-state index < -0.39 is 15.9 Å². The molecule has 8 heteroatoms. The van der Waals surface area contributed by atoms with Gasteiger partial charge in [-0.3, -0.25) is 4.79 Å². The van der Waals surface area contributed by atoms with Gasteiger partial charge in [0.15, 0.2) is 0 Å². The molecule has 0 bridgehead atoms. The molecule has 0 saturated heterocycles. The zero-order valence-electron chi connectivity index (χ0n) is 19.6. The summed E-state index contributed by atoms with van der Waals surface area (Å²) in [7, 11) is -3.96. The predicted molar refractivity (Wildman–Crippen MR) is 140 cm³/mol. The lowest BCUT2D eigenvalue weighted by Crippen LogP contribution is -2.41. The van der Waals surface area contributed by atoms with E-state index in [1.54, 1.807) is 36.4 Å². The van der Waals surface area contributed by atoms with Crippen LogP contribution in [0.1, 0.15) is 40.8 Å². The summed E-state index contributed by atoms with van der Waals surface area (Å²) in [5.41, 5.74) is 5.03. The number of benzene rings is 3. The lowest BCUT2D eigenvalue weighted by molar-refractivity contribution is -0.122. The van der Waals surface area contributed by atoms with E-state index in [1.807, 2.05) is 20.8 Å². The highest BCUT2D eigenvalue weighted by atomic mass is 79.9. The molecule has 34 heavy (non-hydrogen) atoms. The molecule has 3 rings (SSSR count). The Morgan fingerprint density at radius 2 is 1.62 bits per heavy atom. The highest BCUT2D eigenvalue weighted by Gasteiger charge is 2.28. The molecule has 1 unspecified atom stereocenters. The van der Waals surface area contributed by atoms with Gasteiger partial charge in [0, 0.05) is 16.0 Å². The van der Waals surface area contributed by atoms with Crippen molar-refractivity contribution in [3.8, 4) is 0 Å². The first-order chi connectivity index (χ1) is 16.0. The van der Waals surface area contributed by atoms with E-state index in [2.05, 4.69) is 40.3 Å². The van der Waals surface area contributed by atoms with Crippen LogP contribution in [0.15, 0.2) is 70.0 Å². The Hall–Kier alpha value is -2.19. The van der Waals surface area contributed by atoms with Crippen LogP contribution in [-0.4, -0.2) is 25.2 Å². The standard InChI is InChI=1S/C26H28BrClN2O3S/c1-17-13-19(3)24(14-18(17)2)20(4)29-26(31)16-30(15-21-7-5-6-8-25(21)28)34(32,33)23-11-9-22(27)10-12-23/h5-14,20H,15-16H2,1-4H3,(H,29,31). The molecule has 3 aromatic carbocycles. The van der Waals surface area contributed by atoms with Gasteiger partial charge in [-0.25, -0.2) is 8.42 Å². The molecule has 0 aliphatic carbocycles. The molecule has 0 aromatic heterocycles. The number of aryl methyl sites for hydroxylation is 3. The molecular formula is C26H28BrClN2O3S. The van der Waals surface area contributed by atoms with Crippen molar-refractivity contribution in [2.75, 3.05) is 6.54 Å². The molecule has 1 atom stereocenters. The van der Waals surface area contributed by atoms with Crippen LogP contribution in [0.4, 0.5) is 0 Å². The minimum atomic E-state index is -3.96. The van der Waals surface area contributed by atoms with Crippen molar-refractivity contribution in [3.63, 3.8) is 0 Å². The van der Waals surface area contributed by atoms with Crippen molar-refractivity contribution in [3.05, 3.63) is 98.0 Å². The molecule has 3 aromatic rings. The molecule has 0 spiro atoms. The molecule has 0 heterocycles. The highest BCUT2D eigenvalue weighted by molar-refractivity contribution is 9.10. The van der Waals surface area contributed by atoms with Crippen LogP contribution in [0.25, 0.3) is 0 Å². The third kappa shape index (κ3) is 6.27. The topological polar surface area (TPSA) is 66.5 Å². The summed E-state index contributed by atoms with van der Waals surface area (Å²) >= 11 is 9.63. The van der Waals surface area contributed by atoms with Gasteiger partial charge in [0.1, 0.15) is 0 Å². The second kappa shape index (κ2) is 11.0. The van der Waals surface area contributed by atoms with Gasteiger partial charge in [0.2, 0.25) is 15.9 Å². The number of nitrogens with one attached hydrogen (secondary N) is 1. The van der Waals surface area contributed by atoms with E-state index >= 15 is 0 Å². The lowest BCUT2D eigenvalue weighted by Gasteiger charge is -2.24. The van der Waals surface area contributed by atoms with E-state index in [4.69, 9.17) is 11.6 Å². The number of halogens is 2. The Morgan fingerprint density at radius 1 is 1.00 bits per heavy atom. The van der Waals surface area contributed by atoms with Gasteiger partial charge in [0.25, 0.3) is 0 Å². The van der Waals surface area contributed by atoms with E-state index in [-0.39, 0.29) is 24.0 Å². The van der Waals surface area contributed by atoms with Crippen molar-refractivity contribution in [1.29, 1.82) is 0 Å². The van der Waals surface area contributed by atoms with E-state index in [0.717, 1.165) is 25.5 Å². The minimum Gasteiger partial charge on any atom is -0.348 e. The smallest absolute Gasteiger partial charge is 0.243 e. The fourth-order valence-electron chi connectivity index (χ4n) is 3.77. The zero-order chi connectivity index (χ0) is 25.0. The number of carbonyl (C=O) groups is 1. The third-order valence-corrected chi connectivity index (χ3v) is 8.51. The normalized spacial score (nSPS) is 12.6. The molecule has 180 valence electrons. The number of nitrogens with zero attached hydrogens (tertiary/aromatic N) is 1. The van der Waals surface area contributed by atoms with E-state index in [9.17, 15) is 13.2 Å². The molecule has 1 amide bonds. The predicted octanol–water partition coefficient (Wildman–Crippen LogP) is 6.10. The minimum absolute atomic E-state index is 0.0253. The molecule has 0 radical (unpaired) electrons. The van der Waals surface area contributed by atoms with Crippen LogP contribution in [0.5, 0.6) is 0 Å². The summed E-state index contributed by atoms with van der Waals surface area (Å²) in [5.74, 6) is -0.391. The number of hydrogen-bond acceptors (Lipinski definition) is 3. The fraction of sp³-hybridized carbons (Fsp3) is 0.269. The quantitative estimate of drug-likeness (QED) is 0.360. The Kier molecular flexibility index (Phi) is 8.57. The fourth-order valence-corrected chi connectivity index (χ4v) is 5.61. The Morgan fingerprint density at radius 3 is 2.26 bits per heavy atom. The Labute approximate surface area is 215 Å². The van der Waals surface area contributed by atoms with Crippen LogP contribution in [0.3, 0.4) is 0 Å². The van der Waals surface area contributed by atoms with Gasteiger partial charge in [-0.2, -0.15) is 4.31 Å². The molecule has 1 N–H and O–H groups in total. The van der Waals surface area contributed by atoms with Gasteiger partial charge in [-0.1, -0.05) is 57.9 Å². The zero-order valence-corrected chi connectivity index (χ0v) is 22.8. The van der Waals surface area contributed by atoms with Crippen molar-refractivity contribution in [2.24, 2.45) is 0 Å². The van der Waals surface area contributed by atoms with Gasteiger partial charge in [0.05, 0.1) is 17.5 Å². The van der Waals surface area contributed by atoms with Crippen LogP contribution < -0.4 is 5.32 Å². The van der Waals surface area contributed by atoms with Crippen LogP contribution in [0.2, 0.25) is 5.02 Å². The first-order valence-electron chi connectivity index (χ1n) is 10.8. The summed E-state index contributed by atoms with van der Waals surface area (Å²) < 4.78 is 28.9. The maximum Gasteiger partial charge on any atom is 0.243 e. The summed E-state index contributed by atoms with van der Waals surface area (Å²) in [6.07, 6.45) is 0. The average Bonchev–Trinajstić information content (AvgIpc) is 2.77. The number of amides is 1. The van der Waals surface area contributed by atoms with E-state index in [0.29, 0.717) is 10.6 Å². The Balaban J connectivity index is 1.87. The van der Waals surface area contributed by atoms with Crippen molar-refractivity contribution in [1.82, 2.24) is 9.62 Å². The second-order valence-electron chi connectivity index (χ2n) is 8.40. The lowest BCUT2D eigenvalue weighted by atomic mass is 9.96. The summed E-state index contributed by atoms with van der Waals surface area (Å²) in [6.45, 7) is 7.63. The summed E-state index contributed by atoms with van der Waals surface area (Å²) in [6, 6.07) is 17.2. The van der Waals surface area contributed by atoms with Crippen molar-refractivity contribution in [2.45, 2.75) is 45.2 Å². The summed E-state index contributed by atoms with van der Waals surface area (Å²) in [4.78, 5) is 13.2. The van der Waals surface area contributed by atoms with Gasteiger partial charge in [-0.15, -0.1) is 0 Å². The van der Waals surface area contributed by atoms with Crippen molar-refractivity contribution < 1.29 is 13.2 Å². The molecule has 5 nitrogen and oxygen atoms in total. The molecule has 0 saturated carbocycles. The third-order valence-electron chi connectivity index (χ3n) is 5.80. The van der Waals surface area contributed by atoms with Crippen LogP contribution in [0, 0.1) is 20.8 Å². The van der Waals surface area contributed by atoms with Gasteiger partial charge in [-0.05, 0) is 85.8 Å². The van der Waals surface area contributed by atoms with Gasteiger partial charge < -0.3 is 5.32 Å². The maximum atomic E-state index is 13.5. The molecule has 0 aliphatic heterocycles. The Bertz CT molecular complexity index is 1290. The SMILES string of the molecule is Cc1cc(C)c(C(C)NC(=O)CN(Cc2ccccc2Cl)S(=O)(=O)c2ccc(Br)cc2)cc1C. The monoisotopic (exact) mass is 562 g/mol. The number of hydrogen-bond donors (Lipinski definition) is 1. The summed E-state index contributed by atoms with van der Waals surface area (Å²) in [5, 5.41) is 3.40. The first-order valence-corrected chi connectivity index (χ1v) is 13.5. The van der Waals surface area contributed by atoms with Gasteiger partial charge >= 0.3 is 0 Å². The molecule has 0 aliphatic rings.